The zero-order valence-corrected chi connectivity index (χ0v) is 13.1. The predicted molar refractivity (Wildman–Crippen MR) is 88.4 cm³/mol. The van der Waals surface area contributed by atoms with E-state index in [0.29, 0.717) is 17.1 Å². The van der Waals surface area contributed by atoms with E-state index in [-0.39, 0.29) is 11.3 Å². The second kappa shape index (κ2) is 6.78. The van der Waals surface area contributed by atoms with Gasteiger partial charge in [0.05, 0.1) is 17.7 Å². The van der Waals surface area contributed by atoms with E-state index in [1.54, 1.807) is 55.4 Å². The minimum Gasteiger partial charge on any atom is -0.495 e. The van der Waals surface area contributed by atoms with Crippen LogP contribution in [0.2, 0.25) is 0 Å². The summed E-state index contributed by atoms with van der Waals surface area (Å²) in [6.07, 6.45) is 0. The highest BCUT2D eigenvalue weighted by Gasteiger charge is 2.19. The number of benzene rings is 2. The van der Waals surface area contributed by atoms with E-state index in [0.717, 1.165) is 0 Å². The lowest BCUT2D eigenvalue weighted by molar-refractivity contribution is -0.384. The van der Waals surface area contributed by atoms with E-state index in [1.165, 1.54) is 13.2 Å². The molecule has 0 aromatic heterocycles. The minimum atomic E-state index is -0.505. The SMILES string of the molecule is COc1ccccc1NC(=O)c1ccc(N(C)C)c([N+](=O)[O-])c1. The molecular weight excluding hydrogens is 298 g/mol. The molecule has 2 rings (SSSR count). The molecule has 2 aromatic carbocycles. The topological polar surface area (TPSA) is 84.7 Å². The van der Waals surface area contributed by atoms with Gasteiger partial charge in [0.1, 0.15) is 11.4 Å². The van der Waals surface area contributed by atoms with E-state index < -0.39 is 10.8 Å². The third kappa shape index (κ3) is 3.57. The third-order valence-electron chi connectivity index (χ3n) is 3.27. The number of ether oxygens (including phenoxy) is 1. The second-order valence-electron chi connectivity index (χ2n) is 5.01. The first-order valence-electron chi connectivity index (χ1n) is 6.84. The van der Waals surface area contributed by atoms with Gasteiger partial charge in [-0.2, -0.15) is 0 Å². The van der Waals surface area contributed by atoms with Gasteiger partial charge in [-0.3, -0.25) is 14.9 Å². The monoisotopic (exact) mass is 315 g/mol. The lowest BCUT2D eigenvalue weighted by atomic mass is 10.1. The summed E-state index contributed by atoms with van der Waals surface area (Å²) in [6.45, 7) is 0. The zero-order valence-electron chi connectivity index (χ0n) is 13.1. The molecular formula is C16H17N3O4. The van der Waals surface area contributed by atoms with E-state index in [1.807, 2.05) is 0 Å². The number of nitrogens with one attached hydrogen (secondary N) is 1. The summed E-state index contributed by atoms with van der Waals surface area (Å²) in [7, 11) is 4.91. The van der Waals surface area contributed by atoms with Gasteiger partial charge in [-0.15, -0.1) is 0 Å². The van der Waals surface area contributed by atoms with Crippen molar-refractivity contribution in [2.24, 2.45) is 0 Å². The van der Waals surface area contributed by atoms with Gasteiger partial charge in [-0.05, 0) is 24.3 Å². The van der Waals surface area contributed by atoms with Crippen molar-refractivity contribution in [3.63, 3.8) is 0 Å². The minimum absolute atomic E-state index is 0.123. The van der Waals surface area contributed by atoms with E-state index in [2.05, 4.69) is 5.32 Å². The van der Waals surface area contributed by atoms with Crippen molar-refractivity contribution in [1.82, 2.24) is 0 Å². The first-order chi connectivity index (χ1) is 10.9. The maximum Gasteiger partial charge on any atom is 0.293 e. The van der Waals surface area contributed by atoms with Crippen LogP contribution < -0.4 is 15.0 Å². The number of amides is 1. The van der Waals surface area contributed by atoms with Crippen molar-refractivity contribution in [2.45, 2.75) is 0 Å². The summed E-state index contributed by atoms with van der Waals surface area (Å²) in [4.78, 5) is 24.6. The van der Waals surface area contributed by atoms with E-state index >= 15 is 0 Å². The van der Waals surface area contributed by atoms with Crippen LogP contribution in [-0.2, 0) is 0 Å². The van der Waals surface area contributed by atoms with Crippen LogP contribution in [0.3, 0.4) is 0 Å². The largest absolute Gasteiger partial charge is 0.495 e. The Bertz CT molecular complexity index is 744. The molecule has 0 aliphatic rings. The fraction of sp³-hybridized carbons (Fsp3) is 0.188. The Morgan fingerprint density at radius 2 is 1.91 bits per heavy atom. The molecule has 0 atom stereocenters. The number of hydrogen-bond donors (Lipinski definition) is 1. The highest BCUT2D eigenvalue weighted by atomic mass is 16.6. The molecule has 0 saturated heterocycles. The van der Waals surface area contributed by atoms with Crippen LogP contribution in [0.1, 0.15) is 10.4 Å². The first-order valence-corrected chi connectivity index (χ1v) is 6.84. The Morgan fingerprint density at radius 3 is 2.52 bits per heavy atom. The molecule has 0 radical (unpaired) electrons. The average molecular weight is 315 g/mol. The number of nitrogens with zero attached hydrogens (tertiary/aromatic N) is 2. The van der Waals surface area contributed by atoms with Crippen LogP contribution in [-0.4, -0.2) is 32.0 Å². The molecule has 0 aliphatic carbocycles. The fourth-order valence-electron chi connectivity index (χ4n) is 2.13. The zero-order chi connectivity index (χ0) is 17.0. The summed E-state index contributed by atoms with van der Waals surface area (Å²) < 4.78 is 5.16. The lowest BCUT2D eigenvalue weighted by Gasteiger charge is -2.14. The Balaban J connectivity index is 2.33. The number of carbonyl (C=O) groups excluding carboxylic acids is 1. The van der Waals surface area contributed by atoms with Gasteiger partial charge in [0.2, 0.25) is 0 Å². The highest BCUT2D eigenvalue weighted by molar-refractivity contribution is 6.05. The number of carbonyl (C=O) groups is 1. The van der Waals surface area contributed by atoms with Crippen LogP contribution in [0.5, 0.6) is 5.75 Å². The molecule has 0 unspecified atom stereocenters. The van der Waals surface area contributed by atoms with E-state index in [9.17, 15) is 14.9 Å². The number of hydrogen-bond acceptors (Lipinski definition) is 5. The van der Waals surface area contributed by atoms with Crippen molar-refractivity contribution in [1.29, 1.82) is 0 Å². The van der Waals surface area contributed by atoms with Crippen molar-refractivity contribution in [2.75, 3.05) is 31.4 Å². The summed E-state index contributed by atoms with van der Waals surface area (Å²) in [5.74, 6) is 0.0724. The van der Waals surface area contributed by atoms with Gasteiger partial charge in [0.25, 0.3) is 11.6 Å². The molecule has 0 spiro atoms. The fourth-order valence-corrected chi connectivity index (χ4v) is 2.13. The molecule has 0 aliphatic heterocycles. The molecule has 0 fully saturated rings. The van der Waals surface area contributed by atoms with E-state index in [4.69, 9.17) is 4.74 Å². The van der Waals surface area contributed by atoms with Crippen LogP contribution in [0.15, 0.2) is 42.5 Å². The number of anilines is 2. The number of rotatable bonds is 5. The van der Waals surface area contributed by atoms with Crippen LogP contribution in [0.4, 0.5) is 17.1 Å². The molecule has 0 heterocycles. The van der Waals surface area contributed by atoms with Crippen molar-refractivity contribution in [3.8, 4) is 5.75 Å². The molecule has 120 valence electrons. The Morgan fingerprint density at radius 1 is 1.22 bits per heavy atom. The molecule has 7 nitrogen and oxygen atoms in total. The van der Waals surface area contributed by atoms with Crippen molar-refractivity contribution < 1.29 is 14.5 Å². The van der Waals surface area contributed by atoms with Gasteiger partial charge in [-0.25, -0.2) is 0 Å². The lowest BCUT2D eigenvalue weighted by Crippen LogP contribution is -2.15. The molecule has 7 heteroatoms. The van der Waals surface area contributed by atoms with Crippen LogP contribution in [0, 0.1) is 10.1 Å². The smallest absolute Gasteiger partial charge is 0.293 e. The Kier molecular flexibility index (Phi) is 4.80. The molecule has 0 saturated carbocycles. The molecule has 0 bridgehead atoms. The number of nitro benzene ring substituents is 1. The maximum absolute atomic E-state index is 12.3. The summed E-state index contributed by atoms with van der Waals surface area (Å²) in [5.41, 5.74) is 1.01. The summed E-state index contributed by atoms with van der Waals surface area (Å²) in [6, 6.07) is 11.3. The molecule has 1 amide bonds. The van der Waals surface area contributed by atoms with Gasteiger partial charge >= 0.3 is 0 Å². The molecule has 2 aromatic rings. The number of para-hydroxylation sites is 2. The quantitative estimate of drug-likeness (QED) is 0.677. The highest BCUT2D eigenvalue weighted by Crippen LogP contribution is 2.29. The number of nitro groups is 1. The predicted octanol–water partition coefficient (Wildman–Crippen LogP) is 2.92. The standard InChI is InChI=1S/C16H17N3O4/c1-18(2)13-9-8-11(10-14(13)19(21)22)16(20)17-12-6-4-5-7-15(12)23-3/h4-10H,1-3H3,(H,17,20). The molecule has 1 N–H and O–H groups in total. The average Bonchev–Trinajstić information content (AvgIpc) is 2.54. The second-order valence-corrected chi connectivity index (χ2v) is 5.01. The normalized spacial score (nSPS) is 10.0. The van der Waals surface area contributed by atoms with Gasteiger partial charge in [-0.1, -0.05) is 12.1 Å². The summed E-state index contributed by atoms with van der Waals surface area (Å²) >= 11 is 0. The Labute approximate surface area is 133 Å². The van der Waals surface area contributed by atoms with Gasteiger partial charge in [0, 0.05) is 25.7 Å². The van der Waals surface area contributed by atoms with Crippen LogP contribution in [0.25, 0.3) is 0 Å². The maximum atomic E-state index is 12.3. The van der Waals surface area contributed by atoms with Crippen LogP contribution >= 0.6 is 0 Å². The van der Waals surface area contributed by atoms with Crippen molar-refractivity contribution in [3.05, 3.63) is 58.1 Å². The van der Waals surface area contributed by atoms with Gasteiger partial charge < -0.3 is 15.0 Å². The molecule has 23 heavy (non-hydrogen) atoms. The first kappa shape index (κ1) is 16.3. The van der Waals surface area contributed by atoms with Gasteiger partial charge in [0.15, 0.2) is 0 Å². The van der Waals surface area contributed by atoms with Crippen molar-refractivity contribution >= 4 is 23.0 Å². The third-order valence-corrected chi connectivity index (χ3v) is 3.27. The summed E-state index contributed by atoms with van der Waals surface area (Å²) in [5, 5.41) is 13.9. The number of methoxy groups -OCH3 is 1. The Hall–Kier alpha value is -3.09.